The molecule has 0 aromatic heterocycles. The summed E-state index contributed by atoms with van der Waals surface area (Å²) in [6.07, 6.45) is 0.909. The number of nitrogens with one attached hydrogen (secondary N) is 2. The van der Waals surface area contributed by atoms with Crippen LogP contribution in [0.2, 0.25) is 5.02 Å². The minimum atomic E-state index is -0.265. The molecule has 2 rings (SSSR count). The van der Waals surface area contributed by atoms with E-state index in [-0.39, 0.29) is 11.3 Å². The summed E-state index contributed by atoms with van der Waals surface area (Å²) in [5, 5.41) is 7.06. The Morgan fingerprint density at radius 1 is 1.53 bits per heavy atom. The maximum atomic E-state index is 12.5. The van der Waals surface area contributed by atoms with E-state index < -0.39 is 0 Å². The van der Waals surface area contributed by atoms with Crippen molar-refractivity contribution in [2.45, 2.75) is 26.8 Å². The molecule has 1 unspecified atom stereocenters. The van der Waals surface area contributed by atoms with Gasteiger partial charge in [-0.05, 0) is 36.6 Å². The fourth-order valence-corrected chi connectivity index (χ4v) is 2.88. The maximum Gasteiger partial charge on any atom is 0.228 e. The van der Waals surface area contributed by atoms with Crippen LogP contribution >= 0.6 is 11.6 Å². The number of benzene rings is 1. The van der Waals surface area contributed by atoms with Crippen LogP contribution in [0.5, 0.6) is 0 Å². The standard InChI is InChI=1S/C15H21ClN2O/c1-11(2)15(6-7-17-10-15)14(19)18-9-12-4-3-5-13(16)8-12/h3-5,8,11,17H,6-7,9-10H2,1-2H3,(H,18,19). The molecule has 1 saturated heterocycles. The molecular weight excluding hydrogens is 260 g/mol. The summed E-state index contributed by atoms with van der Waals surface area (Å²) in [6, 6.07) is 7.60. The largest absolute Gasteiger partial charge is 0.351 e. The van der Waals surface area contributed by atoms with Crippen LogP contribution in [-0.2, 0) is 11.3 Å². The minimum absolute atomic E-state index is 0.146. The zero-order valence-corrected chi connectivity index (χ0v) is 12.3. The van der Waals surface area contributed by atoms with Crippen LogP contribution in [0.3, 0.4) is 0 Å². The predicted octanol–water partition coefficient (Wildman–Crippen LogP) is 2.59. The van der Waals surface area contributed by atoms with Crippen molar-refractivity contribution >= 4 is 17.5 Å². The maximum absolute atomic E-state index is 12.5. The summed E-state index contributed by atoms with van der Waals surface area (Å²) in [7, 11) is 0. The highest BCUT2D eigenvalue weighted by atomic mass is 35.5. The van der Waals surface area contributed by atoms with Gasteiger partial charge in [0.1, 0.15) is 0 Å². The topological polar surface area (TPSA) is 41.1 Å². The first-order chi connectivity index (χ1) is 9.04. The lowest BCUT2D eigenvalue weighted by Crippen LogP contribution is -2.45. The molecule has 1 aromatic carbocycles. The molecule has 1 atom stereocenters. The number of halogens is 1. The number of hydrogen-bond donors (Lipinski definition) is 2. The van der Waals surface area contributed by atoms with E-state index in [1.54, 1.807) is 0 Å². The van der Waals surface area contributed by atoms with Gasteiger partial charge in [0, 0.05) is 18.1 Å². The van der Waals surface area contributed by atoms with Crippen LogP contribution in [0, 0.1) is 11.3 Å². The van der Waals surface area contributed by atoms with E-state index in [9.17, 15) is 4.79 Å². The summed E-state index contributed by atoms with van der Waals surface area (Å²) in [4.78, 5) is 12.5. The molecule has 1 fully saturated rings. The first kappa shape index (κ1) is 14.4. The smallest absolute Gasteiger partial charge is 0.228 e. The van der Waals surface area contributed by atoms with Crippen molar-refractivity contribution in [3.8, 4) is 0 Å². The first-order valence-electron chi connectivity index (χ1n) is 6.78. The molecule has 1 heterocycles. The van der Waals surface area contributed by atoms with Crippen LogP contribution in [0.4, 0.5) is 0 Å². The van der Waals surface area contributed by atoms with Crippen LogP contribution in [0.15, 0.2) is 24.3 Å². The van der Waals surface area contributed by atoms with E-state index in [4.69, 9.17) is 11.6 Å². The Labute approximate surface area is 119 Å². The highest BCUT2D eigenvalue weighted by Crippen LogP contribution is 2.34. The third kappa shape index (κ3) is 3.10. The van der Waals surface area contributed by atoms with E-state index in [0.29, 0.717) is 17.5 Å². The molecule has 0 saturated carbocycles. The fraction of sp³-hybridized carbons (Fsp3) is 0.533. The Hall–Kier alpha value is -1.06. The van der Waals surface area contributed by atoms with Gasteiger partial charge in [-0.1, -0.05) is 37.6 Å². The number of carbonyl (C=O) groups excluding carboxylic acids is 1. The van der Waals surface area contributed by atoms with Gasteiger partial charge in [0.2, 0.25) is 5.91 Å². The van der Waals surface area contributed by atoms with Crippen LogP contribution in [0.1, 0.15) is 25.8 Å². The van der Waals surface area contributed by atoms with Gasteiger partial charge in [0.25, 0.3) is 0 Å². The Bertz CT molecular complexity index is 453. The number of carbonyl (C=O) groups is 1. The highest BCUT2D eigenvalue weighted by Gasteiger charge is 2.43. The van der Waals surface area contributed by atoms with E-state index in [2.05, 4.69) is 24.5 Å². The zero-order chi connectivity index (χ0) is 13.9. The lowest BCUT2D eigenvalue weighted by atomic mass is 9.75. The van der Waals surface area contributed by atoms with Crippen molar-refractivity contribution in [1.82, 2.24) is 10.6 Å². The molecule has 1 amide bonds. The molecule has 1 aromatic rings. The average Bonchev–Trinajstić information content (AvgIpc) is 2.86. The molecular formula is C15H21ClN2O. The molecule has 0 aliphatic carbocycles. The second-order valence-corrected chi connectivity index (χ2v) is 5.99. The van der Waals surface area contributed by atoms with Gasteiger partial charge in [0.15, 0.2) is 0 Å². The van der Waals surface area contributed by atoms with Gasteiger partial charge < -0.3 is 10.6 Å². The quantitative estimate of drug-likeness (QED) is 0.890. The van der Waals surface area contributed by atoms with E-state index in [1.165, 1.54) is 0 Å². The van der Waals surface area contributed by atoms with E-state index >= 15 is 0 Å². The SMILES string of the molecule is CC(C)C1(C(=O)NCc2cccc(Cl)c2)CCNC1. The normalized spacial score (nSPS) is 22.7. The predicted molar refractivity (Wildman–Crippen MR) is 78.1 cm³/mol. The van der Waals surface area contributed by atoms with Crippen molar-refractivity contribution in [1.29, 1.82) is 0 Å². The van der Waals surface area contributed by atoms with E-state index in [0.717, 1.165) is 25.1 Å². The van der Waals surface area contributed by atoms with Crippen LogP contribution < -0.4 is 10.6 Å². The van der Waals surface area contributed by atoms with Gasteiger partial charge in [-0.3, -0.25) is 4.79 Å². The zero-order valence-electron chi connectivity index (χ0n) is 11.5. The van der Waals surface area contributed by atoms with Crippen molar-refractivity contribution in [2.24, 2.45) is 11.3 Å². The molecule has 0 bridgehead atoms. The monoisotopic (exact) mass is 280 g/mol. The second-order valence-electron chi connectivity index (χ2n) is 5.55. The molecule has 104 valence electrons. The Morgan fingerprint density at radius 2 is 2.32 bits per heavy atom. The lowest BCUT2D eigenvalue weighted by molar-refractivity contribution is -0.132. The summed E-state index contributed by atoms with van der Waals surface area (Å²) in [5.74, 6) is 0.481. The fourth-order valence-electron chi connectivity index (χ4n) is 2.67. The van der Waals surface area contributed by atoms with Crippen molar-refractivity contribution in [3.63, 3.8) is 0 Å². The van der Waals surface area contributed by atoms with Crippen LogP contribution in [0.25, 0.3) is 0 Å². The molecule has 0 spiro atoms. The van der Waals surface area contributed by atoms with Gasteiger partial charge in [-0.2, -0.15) is 0 Å². The number of rotatable bonds is 4. The third-order valence-corrected chi connectivity index (χ3v) is 4.32. The minimum Gasteiger partial charge on any atom is -0.351 e. The van der Waals surface area contributed by atoms with Crippen molar-refractivity contribution in [3.05, 3.63) is 34.9 Å². The molecule has 1 aliphatic heterocycles. The van der Waals surface area contributed by atoms with Gasteiger partial charge in [-0.15, -0.1) is 0 Å². The summed E-state index contributed by atoms with van der Waals surface area (Å²) in [5.41, 5.74) is 0.768. The van der Waals surface area contributed by atoms with Crippen molar-refractivity contribution < 1.29 is 4.79 Å². The third-order valence-electron chi connectivity index (χ3n) is 4.09. The van der Waals surface area contributed by atoms with E-state index in [1.807, 2.05) is 24.3 Å². The van der Waals surface area contributed by atoms with Gasteiger partial charge in [-0.25, -0.2) is 0 Å². The summed E-state index contributed by atoms with van der Waals surface area (Å²) < 4.78 is 0. The Kier molecular flexibility index (Phi) is 4.48. The molecule has 4 heteroatoms. The van der Waals surface area contributed by atoms with Crippen molar-refractivity contribution in [2.75, 3.05) is 13.1 Å². The average molecular weight is 281 g/mol. The van der Waals surface area contributed by atoms with Gasteiger partial charge in [0.05, 0.1) is 5.41 Å². The summed E-state index contributed by atoms with van der Waals surface area (Å²) >= 11 is 5.94. The molecule has 3 nitrogen and oxygen atoms in total. The molecule has 0 radical (unpaired) electrons. The summed E-state index contributed by atoms with van der Waals surface area (Å²) in [6.45, 7) is 6.46. The number of amides is 1. The Morgan fingerprint density at radius 3 is 2.89 bits per heavy atom. The lowest BCUT2D eigenvalue weighted by Gasteiger charge is -2.31. The van der Waals surface area contributed by atoms with Gasteiger partial charge >= 0.3 is 0 Å². The van der Waals surface area contributed by atoms with Crippen LogP contribution in [-0.4, -0.2) is 19.0 Å². The number of hydrogen-bond acceptors (Lipinski definition) is 2. The Balaban J connectivity index is 2.00. The first-order valence-corrected chi connectivity index (χ1v) is 7.16. The molecule has 19 heavy (non-hydrogen) atoms. The molecule has 2 N–H and O–H groups in total. The molecule has 1 aliphatic rings. The second kappa shape index (κ2) is 5.93. The highest BCUT2D eigenvalue weighted by molar-refractivity contribution is 6.30.